The molecular formula is C28H24N2O2S. The number of thiophene rings is 1. The Kier molecular flexibility index (Phi) is 5.80. The van der Waals surface area contributed by atoms with Crippen LogP contribution < -0.4 is 5.32 Å². The smallest absolute Gasteiger partial charge is 0.244 e. The molecule has 0 saturated carbocycles. The first-order valence-electron chi connectivity index (χ1n) is 11.0. The van der Waals surface area contributed by atoms with E-state index in [1.54, 1.807) is 16.2 Å². The number of rotatable bonds is 4. The molecular weight excluding hydrogens is 428 g/mol. The van der Waals surface area contributed by atoms with Crippen molar-refractivity contribution in [1.29, 1.82) is 0 Å². The number of amides is 2. The second kappa shape index (κ2) is 9.04. The maximum atomic E-state index is 14.3. The van der Waals surface area contributed by atoms with Crippen molar-refractivity contribution in [3.05, 3.63) is 124 Å². The van der Waals surface area contributed by atoms with Crippen molar-refractivity contribution in [3.8, 4) is 0 Å². The van der Waals surface area contributed by atoms with Crippen LogP contribution in [0.1, 0.15) is 39.1 Å². The highest BCUT2D eigenvalue weighted by molar-refractivity contribution is 7.10. The van der Waals surface area contributed by atoms with Crippen LogP contribution in [0.4, 0.5) is 5.69 Å². The molecule has 5 rings (SSSR count). The van der Waals surface area contributed by atoms with E-state index in [9.17, 15) is 9.59 Å². The van der Waals surface area contributed by atoms with Crippen molar-refractivity contribution >= 4 is 28.8 Å². The summed E-state index contributed by atoms with van der Waals surface area (Å²) in [7, 11) is 0. The van der Waals surface area contributed by atoms with Gasteiger partial charge in [0, 0.05) is 16.1 Å². The van der Waals surface area contributed by atoms with Crippen LogP contribution >= 0.6 is 11.3 Å². The lowest BCUT2D eigenvalue weighted by atomic mass is 9.89. The van der Waals surface area contributed by atoms with Gasteiger partial charge in [-0.05, 0) is 35.6 Å². The molecule has 33 heavy (non-hydrogen) atoms. The van der Waals surface area contributed by atoms with Crippen LogP contribution in [-0.4, -0.2) is 23.3 Å². The van der Waals surface area contributed by atoms with Crippen molar-refractivity contribution in [2.45, 2.75) is 18.9 Å². The van der Waals surface area contributed by atoms with E-state index in [-0.39, 0.29) is 24.4 Å². The second-order valence-corrected chi connectivity index (χ2v) is 9.26. The maximum Gasteiger partial charge on any atom is 0.244 e. The third kappa shape index (κ3) is 4.20. The van der Waals surface area contributed by atoms with Crippen molar-refractivity contribution in [2.75, 3.05) is 11.9 Å². The number of benzene rings is 3. The van der Waals surface area contributed by atoms with E-state index in [4.69, 9.17) is 0 Å². The largest absolute Gasteiger partial charge is 0.324 e. The molecule has 5 heteroatoms. The van der Waals surface area contributed by atoms with Gasteiger partial charge >= 0.3 is 0 Å². The van der Waals surface area contributed by atoms with Gasteiger partial charge in [0.25, 0.3) is 0 Å². The maximum absolute atomic E-state index is 14.3. The zero-order valence-electron chi connectivity index (χ0n) is 18.3. The molecule has 0 spiro atoms. The van der Waals surface area contributed by atoms with Crippen LogP contribution in [0.25, 0.3) is 0 Å². The van der Waals surface area contributed by atoms with Gasteiger partial charge in [0.1, 0.15) is 6.54 Å². The number of nitrogens with zero attached hydrogens (tertiary/aromatic N) is 1. The number of carbonyl (C=O) groups excluding carboxylic acids is 2. The summed E-state index contributed by atoms with van der Waals surface area (Å²) in [5.41, 5.74) is 4.61. The first kappa shape index (κ1) is 21.2. The number of aryl methyl sites for hydroxylation is 1. The molecule has 2 heterocycles. The van der Waals surface area contributed by atoms with Gasteiger partial charge in [0.2, 0.25) is 11.8 Å². The minimum atomic E-state index is -0.506. The fraction of sp³-hybridized carbons (Fsp3) is 0.143. The zero-order valence-corrected chi connectivity index (χ0v) is 19.1. The molecule has 1 N–H and O–H groups in total. The fourth-order valence-electron chi connectivity index (χ4n) is 4.52. The molecule has 1 aliphatic rings. The Morgan fingerprint density at radius 3 is 2.21 bits per heavy atom. The molecule has 1 atom stereocenters. The van der Waals surface area contributed by atoms with Gasteiger partial charge in [-0.15, -0.1) is 11.3 Å². The van der Waals surface area contributed by atoms with E-state index in [0.717, 1.165) is 32.8 Å². The summed E-state index contributed by atoms with van der Waals surface area (Å²) < 4.78 is 0. The molecule has 0 saturated heterocycles. The first-order valence-corrected chi connectivity index (χ1v) is 11.8. The normalized spacial score (nSPS) is 15.6. The molecule has 0 fully saturated rings. The Labute approximate surface area is 197 Å². The fourth-order valence-corrected chi connectivity index (χ4v) is 5.37. The van der Waals surface area contributed by atoms with Crippen LogP contribution in [-0.2, 0) is 9.59 Å². The highest BCUT2D eigenvalue weighted by Crippen LogP contribution is 2.40. The average molecular weight is 453 g/mol. The molecule has 1 unspecified atom stereocenters. The monoisotopic (exact) mass is 452 g/mol. The standard InChI is InChI=1S/C28H24N2O2S/c1-19-14-15-23-22(17-19)27(24-13-8-16-33-24)30(18-25(31)29-23)28(32)26(20-9-4-2-5-10-20)21-11-6-3-7-12-21/h2-17,26-27H,18H2,1H3,(H,29,31). The third-order valence-corrected chi connectivity index (χ3v) is 6.93. The lowest BCUT2D eigenvalue weighted by Crippen LogP contribution is -2.41. The minimum Gasteiger partial charge on any atom is -0.324 e. The van der Waals surface area contributed by atoms with Gasteiger partial charge in [0.05, 0.1) is 12.0 Å². The van der Waals surface area contributed by atoms with Crippen LogP contribution in [0, 0.1) is 6.92 Å². The molecule has 0 bridgehead atoms. The second-order valence-electron chi connectivity index (χ2n) is 8.28. The number of anilines is 1. The molecule has 1 aromatic heterocycles. The summed E-state index contributed by atoms with van der Waals surface area (Å²) in [5, 5.41) is 5.03. The summed E-state index contributed by atoms with van der Waals surface area (Å²) in [4.78, 5) is 30.1. The Bertz CT molecular complexity index is 1230. The minimum absolute atomic E-state index is 0.00864. The molecule has 4 nitrogen and oxygen atoms in total. The Balaban J connectivity index is 1.67. The lowest BCUT2D eigenvalue weighted by molar-refractivity contribution is -0.136. The van der Waals surface area contributed by atoms with Crippen LogP contribution in [0.2, 0.25) is 0 Å². The van der Waals surface area contributed by atoms with Crippen molar-refractivity contribution in [2.24, 2.45) is 0 Å². The number of carbonyl (C=O) groups is 2. The van der Waals surface area contributed by atoms with Crippen LogP contribution in [0.5, 0.6) is 0 Å². The Hall–Kier alpha value is -3.70. The SMILES string of the molecule is Cc1ccc2c(c1)C(c1cccs1)N(C(=O)C(c1ccccc1)c1ccccc1)CC(=O)N2. The van der Waals surface area contributed by atoms with Gasteiger partial charge < -0.3 is 10.2 Å². The van der Waals surface area contributed by atoms with E-state index < -0.39 is 5.92 Å². The predicted octanol–water partition coefficient (Wildman–Crippen LogP) is 5.76. The van der Waals surface area contributed by atoms with E-state index in [1.807, 2.05) is 97.2 Å². The van der Waals surface area contributed by atoms with E-state index >= 15 is 0 Å². The van der Waals surface area contributed by atoms with Crippen LogP contribution in [0.15, 0.2) is 96.4 Å². The summed E-state index contributed by atoms with van der Waals surface area (Å²) in [6.07, 6.45) is 0. The van der Waals surface area contributed by atoms with Gasteiger partial charge in [-0.3, -0.25) is 9.59 Å². The Morgan fingerprint density at radius 1 is 0.939 bits per heavy atom. The molecule has 2 amide bonds. The summed E-state index contributed by atoms with van der Waals surface area (Å²) in [6.45, 7) is 2.02. The van der Waals surface area contributed by atoms with Crippen LogP contribution in [0.3, 0.4) is 0 Å². The first-order chi connectivity index (χ1) is 16.1. The predicted molar refractivity (Wildman–Crippen MR) is 132 cm³/mol. The molecule has 0 aliphatic carbocycles. The number of fused-ring (bicyclic) bond motifs is 1. The highest BCUT2D eigenvalue weighted by atomic mass is 32.1. The summed E-state index contributed by atoms with van der Waals surface area (Å²) >= 11 is 1.60. The third-order valence-electron chi connectivity index (χ3n) is 6.01. The van der Waals surface area contributed by atoms with Gasteiger partial charge in [-0.1, -0.05) is 84.4 Å². The quantitative estimate of drug-likeness (QED) is 0.428. The summed E-state index contributed by atoms with van der Waals surface area (Å²) in [6, 6.07) is 29.3. The molecule has 1 aliphatic heterocycles. The van der Waals surface area contributed by atoms with Crippen molar-refractivity contribution in [1.82, 2.24) is 4.90 Å². The highest BCUT2D eigenvalue weighted by Gasteiger charge is 2.38. The molecule has 4 aromatic rings. The molecule has 0 radical (unpaired) electrons. The van der Waals surface area contributed by atoms with Crippen molar-refractivity contribution < 1.29 is 9.59 Å². The molecule has 164 valence electrons. The number of nitrogens with one attached hydrogen (secondary N) is 1. The topological polar surface area (TPSA) is 49.4 Å². The van der Waals surface area contributed by atoms with Gasteiger partial charge in [-0.25, -0.2) is 0 Å². The van der Waals surface area contributed by atoms with E-state index in [2.05, 4.69) is 11.4 Å². The number of hydrogen-bond acceptors (Lipinski definition) is 3. The number of hydrogen-bond donors (Lipinski definition) is 1. The lowest BCUT2D eigenvalue weighted by Gasteiger charge is -2.33. The molecule has 3 aromatic carbocycles. The van der Waals surface area contributed by atoms with E-state index in [1.165, 1.54) is 0 Å². The Morgan fingerprint density at radius 2 is 1.61 bits per heavy atom. The van der Waals surface area contributed by atoms with Gasteiger partial charge in [0.15, 0.2) is 0 Å². The average Bonchev–Trinajstić information content (AvgIpc) is 3.31. The van der Waals surface area contributed by atoms with E-state index in [0.29, 0.717) is 0 Å². The van der Waals surface area contributed by atoms with Gasteiger partial charge in [-0.2, -0.15) is 0 Å². The van der Waals surface area contributed by atoms with Crippen molar-refractivity contribution in [3.63, 3.8) is 0 Å². The zero-order chi connectivity index (χ0) is 22.8. The summed E-state index contributed by atoms with van der Waals surface area (Å²) in [5.74, 6) is -0.781.